The van der Waals surface area contributed by atoms with Crippen LogP contribution < -0.4 is 0 Å². The van der Waals surface area contributed by atoms with E-state index in [1.54, 1.807) is 13.4 Å². The number of methoxy groups -OCH3 is 1. The molecule has 0 aliphatic rings. The topological polar surface area (TPSA) is 36.9 Å². The van der Waals surface area contributed by atoms with Gasteiger partial charge in [0.15, 0.2) is 13.1 Å². The van der Waals surface area contributed by atoms with Gasteiger partial charge in [0.2, 0.25) is 0 Å². The Bertz CT molecular complexity index is 321. The summed E-state index contributed by atoms with van der Waals surface area (Å²) in [6.45, 7) is 6.51. The quantitative estimate of drug-likeness (QED) is 0.0835. The molecule has 0 rings (SSSR count). The van der Waals surface area contributed by atoms with Crippen molar-refractivity contribution in [2.75, 3.05) is 27.1 Å². The summed E-state index contributed by atoms with van der Waals surface area (Å²) in [6, 6.07) is 0. The van der Waals surface area contributed by atoms with Crippen molar-refractivity contribution >= 4 is 0 Å². The SMILES string of the molecule is CCCCCOC(CCCCCCCCCCCC=COCOC)OCCCCC. The molecular formula is C26H52O4. The normalized spacial score (nSPS) is 11.7. The molecule has 0 heterocycles. The molecule has 0 radical (unpaired) electrons. The number of unbranched alkanes of at least 4 members (excludes halogenated alkanes) is 13. The second kappa shape index (κ2) is 26.5. The van der Waals surface area contributed by atoms with E-state index in [2.05, 4.69) is 19.9 Å². The zero-order chi connectivity index (χ0) is 22.0. The number of ether oxygens (including phenoxy) is 4. The van der Waals surface area contributed by atoms with Crippen LogP contribution in [0.1, 0.15) is 123 Å². The maximum atomic E-state index is 6.00. The first-order valence-electron chi connectivity index (χ1n) is 12.8. The van der Waals surface area contributed by atoms with Crippen molar-refractivity contribution in [3.63, 3.8) is 0 Å². The Kier molecular flexibility index (Phi) is 25.9. The van der Waals surface area contributed by atoms with Crippen LogP contribution >= 0.6 is 0 Å². The summed E-state index contributed by atoms with van der Waals surface area (Å²) in [5, 5.41) is 0. The van der Waals surface area contributed by atoms with Gasteiger partial charge < -0.3 is 18.9 Å². The maximum absolute atomic E-state index is 6.00. The zero-order valence-electron chi connectivity index (χ0n) is 20.5. The molecule has 0 fully saturated rings. The molecule has 0 saturated heterocycles. The first-order valence-corrected chi connectivity index (χ1v) is 12.8. The molecule has 0 unspecified atom stereocenters. The fourth-order valence-corrected chi connectivity index (χ4v) is 3.40. The van der Waals surface area contributed by atoms with Crippen LogP contribution in [0.15, 0.2) is 12.3 Å². The molecule has 180 valence electrons. The van der Waals surface area contributed by atoms with Crippen molar-refractivity contribution < 1.29 is 18.9 Å². The van der Waals surface area contributed by atoms with Gasteiger partial charge in [-0.1, -0.05) is 84.5 Å². The van der Waals surface area contributed by atoms with Crippen LogP contribution in [-0.2, 0) is 18.9 Å². The average Bonchev–Trinajstić information content (AvgIpc) is 2.76. The van der Waals surface area contributed by atoms with Crippen molar-refractivity contribution in [1.29, 1.82) is 0 Å². The number of allylic oxidation sites excluding steroid dienone is 1. The molecule has 0 aliphatic heterocycles. The molecule has 4 heteroatoms. The monoisotopic (exact) mass is 428 g/mol. The largest absolute Gasteiger partial charge is 0.476 e. The molecule has 0 spiro atoms. The third-order valence-electron chi connectivity index (χ3n) is 5.29. The summed E-state index contributed by atoms with van der Waals surface area (Å²) in [5.41, 5.74) is 0. The summed E-state index contributed by atoms with van der Waals surface area (Å²) < 4.78 is 22.0. The van der Waals surface area contributed by atoms with E-state index in [0.29, 0.717) is 6.79 Å². The van der Waals surface area contributed by atoms with Gasteiger partial charge in [0.05, 0.1) is 6.26 Å². The van der Waals surface area contributed by atoms with Gasteiger partial charge in [-0.3, -0.25) is 0 Å². The number of rotatable bonds is 25. The van der Waals surface area contributed by atoms with Crippen molar-refractivity contribution in [2.45, 2.75) is 129 Å². The van der Waals surface area contributed by atoms with Gasteiger partial charge >= 0.3 is 0 Å². The molecule has 0 aromatic rings. The molecule has 0 amide bonds. The lowest BCUT2D eigenvalue weighted by atomic mass is 10.1. The van der Waals surface area contributed by atoms with E-state index < -0.39 is 0 Å². The van der Waals surface area contributed by atoms with E-state index in [9.17, 15) is 0 Å². The molecule has 0 saturated carbocycles. The Morgan fingerprint density at radius 3 is 1.70 bits per heavy atom. The summed E-state index contributed by atoms with van der Waals surface area (Å²) in [4.78, 5) is 0. The van der Waals surface area contributed by atoms with Gasteiger partial charge in [0.1, 0.15) is 0 Å². The van der Waals surface area contributed by atoms with Crippen LogP contribution in [-0.4, -0.2) is 33.4 Å². The smallest absolute Gasteiger partial charge is 0.187 e. The number of hydrogen-bond acceptors (Lipinski definition) is 4. The summed E-state index contributed by atoms with van der Waals surface area (Å²) in [7, 11) is 1.64. The Hall–Kier alpha value is -0.580. The second-order valence-electron chi connectivity index (χ2n) is 8.29. The molecule has 0 aliphatic carbocycles. The van der Waals surface area contributed by atoms with Gasteiger partial charge in [-0.15, -0.1) is 0 Å². The van der Waals surface area contributed by atoms with Gasteiger partial charge in [-0.05, 0) is 44.6 Å². The van der Waals surface area contributed by atoms with Crippen molar-refractivity contribution in [2.24, 2.45) is 0 Å². The van der Waals surface area contributed by atoms with Gasteiger partial charge in [0, 0.05) is 20.3 Å². The van der Waals surface area contributed by atoms with E-state index in [4.69, 9.17) is 18.9 Å². The minimum Gasteiger partial charge on any atom is -0.476 e. The summed E-state index contributed by atoms with van der Waals surface area (Å²) in [6.07, 6.45) is 25.2. The van der Waals surface area contributed by atoms with Crippen molar-refractivity contribution in [3.8, 4) is 0 Å². The van der Waals surface area contributed by atoms with Crippen LogP contribution in [0.4, 0.5) is 0 Å². The minimum atomic E-state index is 0.0210. The minimum absolute atomic E-state index is 0.0210. The molecule has 0 aromatic heterocycles. The predicted molar refractivity (Wildman–Crippen MR) is 128 cm³/mol. The van der Waals surface area contributed by atoms with Crippen LogP contribution in [0.5, 0.6) is 0 Å². The Morgan fingerprint density at radius 1 is 0.633 bits per heavy atom. The Morgan fingerprint density at radius 2 is 1.17 bits per heavy atom. The van der Waals surface area contributed by atoms with Crippen LogP contribution in [0, 0.1) is 0 Å². The van der Waals surface area contributed by atoms with Crippen molar-refractivity contribution in [1.82, 2.24) is 0 Å². The highest BCUT2D eigenvalue weighted by Gasteiger charge is 2.09. The third kappa shape index (κ3) is 23.7. The lowest BCUT2D eigenvalue weighted by Crippen LogP contribution is -2.19. The van der Waals surface area contributed by atoms with Crippen LogP contribution in [0.3, 0.4) is 0 Å². The highest BCUT2D eigenvalue weighted by atomic mass is 16.7. The van der Waals surface area contributed by atoms with Gasteiger partial charge in [-0.2, -0.15) is 0 Å². The molecule has 0 N–H and O–H groups in total. The summed E-state index contributed by atoms with van der Waals surface area (Å²) in [5.74, 6) is 0. The first-order chi connectivity index (χ1) is 14.8. The van der Waals surface area contributed by atoms with E-state index in [0.717, 1.165) is 38.9 Å². The Labute approximate surface area is 188 Å². The van der Waals surface area contributed by atoms with E-state index in [1.807, 2.05) is 0 Å². The maximum Gasteiger partial charge on any atom is 0.187 e. The highest BCUT2D eigenvalue weighted by molar-refractivity contribution is 4.72. The standard InChI is InChI=1S/C26H52O4/c1-4-6-18-23-29-26(30-24-19-7-5-2)21-17-15-13-11-9-8-10-12-14-16-20-22-28-25-27-3/h20,22,26H,4-19,21,23-25H2,1-3H3. The molecule has 4 nitrogen and oxygen atoms in total. The third-order valence-corrected chi connectivity index (χ3v) is 5.29. The lowest BCUT2D eigenvalue weighted by Gasteiger charge is -2.18. The van der Waals surface area contributed by atoms with Gasteiger partial charge in [-0.25, -0.2) is 0 Å². The Balaban J connectivity index is 3.52. The highest BCUT2D eigenvalue weighted by Crippen LogP contribution is 2.14. The lowest BCUT2D eigenvalue weighted by molar-refractivity contribution is -0.148. The summed E-state index contributed by atoms with van der Waals surface area (Å²) >= 11 is 0. The fourth-order valence-electron chi connectivity index (χ4n) is 3.40. The number of hydrogen-bond donors (Lipinski definition) is 0. The van der Waals surface area contributed by atoms with Crippen molar-refractivity contribution in [3.05, 3.63) is 12.3 Å². The van der Waals surface area contributed by atoms with E-state index >= 15 is 0 Å². The van der Waals surface area contributed by atoms with Gasteiger partial charge in [0.25, 0.3) is 0 Å². The average molecular weight is 429 g/mol. The molecule has 0 aromatic carbocycles. The fraction of sp³-hybridized carbons (Fsp3) is 0.923. The van der Waals surface area contributed by atoms with Crippen LogP contribution in [0.2, 0.25) is 0 Å². The zero-order valence-corrected chi connectivity index (χ0v) is 20.5. The second-order valence-corrected chi connectivity index (χ2v) is 8.29. The molecule has 0 bridgehead atoms. The van der Waals surface area contributed by atoms with E-state index in [1.165, 1.54) is 83.5 Å². The molecule has 30 heavy (non-hydrogen) atoms. The van der Waals surface area contributed by atoms with E-state index in [-0.39, 0.29) is 6.29 Å². The molecule has 0 atom stereocenters. The first kappa shape index (κ1) is 29.4. The van der Waals surface area contributed by atoms with Crippen LogP contribution in [0.25, 0.3) is 0 Å². The molecular weight excluding hydrogens is 376 g/mol. The predicted octanol–water partition coefficient (Wildman–Crippen LogP) is 8.15.